The largest absolute Gasteiger partial charge is 0.319 e. The van der Waals surface area contributed by atoms with Crippen LogP contribution in [0.4, 0.5) is 10.7 Å². The monoisotopic (exact) mass is 358 g/mol. The first-order valence-corrected chi connectivity index (χ1v) is 9.11. The summed E-state index contributed by atoms with van der Waals surface area (Å²) in [6, 6.07) is 1.83. The van der Waals surface area contributed by atoms with Crippen LogP contribution in [0.3, 0.4) is 0 Å². The highest BCUT2D eigenvalue weighted by Gasteiger charge is 2.30. The number of nitrogens with zero attached hydrogens (tertiary/aromatic N) is 2. The zero-order valence-electron chi connectivity index (χ0n) is 14.8. The Balaban J connectivity index is 1.68. The normalized spacial score (nSPS) is 14.2. The first-order chi connectivity index (χ1) is 11.7. The molecule has 0 radical (unpaired) electrons. The van der Waals surface area contributed by atoms with Crippen molar-refractivity contribution in [2.75, 3.05) is 10.6 Å². The van der Waals surface area contributed by atoms with Crippen LogP contribution in [0.2, 0.25) is 0 Å². The Labute approximate surface area is 151 Å². The summed E-state index contributed by atoms with van der Waals surface area (Å²) in [5, 5.41) is 6.40. The minimum Gasteiger partial charge on any atom is -0.319 e. The number of aromatic nitrogens is 2. The molecule has 0 bridgehead atoms. The zero-order chi connectivity index (χ0) is 18.2. The van der Waals surface area contributed by atoms with Gasteiger partial charge in [0.15, 0.2) is 0 Å². The van der Waals surface area contributed by atoms with E-state index in [1.807, 2.05) is 33.8 Å². The molecule has 132 valence electrons. The molecule has 1 aliphatic carbocycles. The van der Waals surface area contributed by atoms with Crippen molar-refractivity contribution in [3.8, 4) is 0 Å². The van der Waals surface area contributed by atoms with E-state index in [0.717, 1.165) is 24.2 Å². The maximum absolute atomic E-state index is 12.5. The van der Waals surface area contributed by atoms with Crippen LogP contribution in [0, 0.1) is 12.8 Å². The molecular weight excluding hydrogens is 336 g/mol. The molecule has 2 aromatic heterocycles. The zero-order valence-corrected chi connectivity index (χ0v) is 15.7. The van der Waals surface area contributed by atoms with Gasteiger partial charge in [-0.15, -0.1) is 11.3 Å². The van der Waals surface area contributed by atoms with Crippen LogP contribution < -0.4 is 10.6 Å². The molecule has 0 aromatic carbocycles. The Morgan fingerprint density at radius 3 is 2.36 bits per heavy atom. The lowest BCUT2D eigenvalue weighted by Gasteiger charge is -2.16. The van der Waals surface area contributed by atoms with Gasteiger partial charge in [0.05, 0.1) is 28.0 Å². The molecule has 2 aromatic rings. The first-order valence-electron chi connectivity index (χ1n) is 8.29. The Hall–Kier alpha value is -2.28. The molecular formula is C18H22N4O2S. The second-order valence-electron chi connectivity index (χ2n) is 7.39. The maximum Gasteiger partial charge on any atom is 0.266 e. The molecule has 1 fully saturated rings. The van der Waals surface area contributed by atoms with Crippen molar-refractivity contribution in [3.05, 3.63) is 34.7 Å². The highest BCUT2D eigenvalue weighted by molar-refractivity contribution is 7.18. The third-order valence-corrected chi connectivity index (χ3v) is 5.05. The van der Waals surface area contributed by atoms with E-state index in [2.05, 4.69) is 20.6 Å². The average molecular weight is 358 g/mol. The van der Waals surface area contributed by atoms with Crippen LogP contribution in [-0.2, 0) is 10.2 Å². The van der Waals surface area contributed by atoms with Crippen molar-refractivity contribution in [1.29, 1.82) is 0 Å². The van der Waals surface area contributed by atoms with Crippen molar-refractivity contribution < 1.29 is 9.59 Å². The van der Waals surface area contributed by atoms with Gasteiger partial charge in [-0.1, -0.05) is 20.8 Å². The molecule has 0 atom stereocenters. The van der Waals surface area contributed by atoms with E-state index in [1.54, 1.807) is 12.4 Å². The minimum atomic E-state index is -0.221. The quantitative estimate of drug-likeness (QED) is 0.872. The predicted molar refractivity (Wildman–Crippen MR) is 99.1 cm³/mol. The lowest BCUT2D eigenvalue weighted by molar-refractivity contribution is -0.117. The van der Waals surface area contributed by atoms with Gasteiger partial charge in [0, 0.05) is 11.3 Å². The fourth-order valence-corrected chi connectivity index (χ4v) is 3.28. The summed E-state index contributed by atoms with van der Waals surface area (Å²) < 4.78 is 0. The van der Waals surface area contributed by atoms with Crippen LogP contribution in [0.15, 0.2) is 18.5 Å². The summed E-state index contributed by atoms with van der Waals surface area (Å²) in [7, 11) is 0. The molecule has 0 unspecified atom stereocenters. The Morgan fingerprint density at radius 1 is 1.16 bits per heavy atom. The molecule has 7 heteroatoms. The fourth-order valence-electron chi connectivity index (χ4n) is 2.31. The van der Waals surface area contributed by atoms with Gasteiger partial charge in [0.2, 0.25) is 5.91 Å². The molecule has 2 N–H and O–H groups in total. The highest BCUT2D eigenvalue weighted by atomic mass is 32.1. The van der Waals surface area contributed by atoms with E-state index in [0.29, 0.717) is 15.6 Å². The summed E-state index contributed by atoms with van der Waals surface area (Å²) in [5.74, 6) is 0.682. The van der Waals surface area contributed by atoms with Crippen molar-refractivity contribution >= 4 is 33.8 Å². The van der Waals surface area contributed by atoms with E-state index in [4.69, 9.17) is 0 Å². The molecule has 2 heterocycles. The van der Waals surface area contributed by atoms with Crippen LogP contribution in [-0.4, -0.2) is 21.8 Å². The highest BCUT2D eigenvalue weighted by Crippen LogP contribution is 2.33. The standard InChI is InChI=1S/C18H22N4O2S/c1-10-7-13(22-15(23)11-5-6-11)25-14(10)16(24)21-12-8-19-17(20-9-12)18(2,3)4/h7-9,11H,5-6H2,1-4H3,(H,21,24)(H,22,23). The van der Waals surface area contributed by atoms with Gasteiger partial charge in [-0.2, -0.15) is 0 Å². The SMILES string of the molecule is Cc1cc(NC(=O)C2CC2)sc1C(=O)Nc1cnc(C(C)(C)C)nc1. The van der Waals surface area contributed by atoms with Crippen molar-refractivity contribution in [2.45, 2.75) is 46.0 Å². The number of amides is 2. The number of thiophene rings is 1. The van der Waals surface area contributed by atoms with E-state index < -0.39 is 0 Å². The third-order valence-electron chi connectivity index (χ3n) is 3.90. The van der Waals surface area contributed by atoms with E-state index in [9.17, 15) is 9.59 Å². The number of hydrogen-bond acceptors (Lipinski definition) is 5. The Bertz CT molecular complexity index is 801. The predicted octanol–water partition coefficient (Wildman–Crippen LogP) is 3.74. The fraction of sp³-hybridized carbons (Fsp3) is 0.444. The smallest absolute Gasteiger partial charge is 0.266 e. The van der Waals surface area contributed by atoms with Gasteiger partial charge in [0.25, 0.3) is 5.91 Å². The molecule has 0 spiro atoms. The Kier molecular flexibility index (Phi) is 4.60. The number of carbonyl (C=O) groups excluding carboxylic acids is 2. The summed E-state index contributed by atoms with van der Waals surface area (Å²) in [5.41, 5.74) is 1.25. The van der Waals surface area contributed by atoms with Crippen LogP contribution in [0.5, 0.6) is 0 Å². The summed E-state index contributed by atoms with van der Waals surface area (Å²) in [6.07, 6.45) is 5.14. The number of rotatable bonds is 4. The molecule has 0 saturated heterocycles. The summed E-state index contributed by atoms with van der Waals surface area (Å²) >= 11 is 1.28. The maximum atomic E-state index is 12.5. The van der Waals surface area contributed by atoms with E-state index in [-0.39, 0.29) is 23.1 Å². The third kappa shape index (κ3) is 4.22. The van der Waals surface area contributed by atoms with Crippen LogP contribution in [0.1, 0.15) is 54.7 Å². The molecule has 3 rings (SSSR count). The molecule has 25 heavy (non-hydrogen) atoms. The van der Waals surface area contributed by atoms with Gasteiger partial charge in [0.1, 0.15) is 5.82 Å². The van der Waals surface area contributed by atoms with Crippen LogP contribution >= 0.6 is 11.3 Å². The van der Waals surface area contributed by atoms with E-state index in [1.165, 1.54) is 11.3 Å². The summed E-state index contributed by atoms with van der Waals surface area (Å²) in [4.78, 5) is 33.5. The van der Waals surface area contributed by atoms with Gasteiger partial charge < -0.3 is 10.6 Å². The average Bonchev–Trinajstić information content (AvgIpc) is 3.31. The Morgan fingerprint density at radius 2 is 1.80 bits per heavy atom. The number of aryl methyl sites for hydroxylation is 1. The second kappa shape index (κ2) is 6.55. The topological polar surface area (TPSA) is 84.0 Å². The molecule has 6 nitrogen and oxygen atoms in total. The second-order valence-corrected chi connectivity index (χ2v) is 8.44. The number of carbonyl (C=O) groups is 2. The van der Waals surface area contributed by atoms with Gasteiger partial charge in [-0.25, -0.2) is 9.97 Å². The molecule has 2 amide bonds. The minimum absolute atomic E-state index is 0.0411. The van der Waals surface area contributed by atoms with Gasteiger partial charge in [-0.3, -0.25) is 9.59 Å². The number of nitrogens with one attached hydrogen (secondary N) is 2. The lowest BCUT2D eigenvalue weighted by Crippen LogP contribution is -2.17. The number of hydrogen-bond donors (Lipinski definition) is 2. The van der Waals surface area contributed by atoms with Crippen LogP contribution in [0.25, 0.3) is 0 Å². The van der Waals surface area contributed by atoms with Gasteiger partial charge >= 0.3 is 0 Å². The van der Waals surface area contributed by atoms with Crippen molar-refractivity contribution in [3.63, 3.8) is 0 Å². The molecule has 1 aliphatic rings. The summed E-state index contributed by atoms with van der Waals surface area (Å²) in [6.45, 7) is 7.96. The van der Waals surface area contributed by atoms with Crippen molar-refractivity contribution in [2.24, 2.45) is 5.92 Å². The number of anilines is 2. The molecule has 0 aliphatic heterocycles. The van der Waals surface area contributed by atoms with Crippen molar-refractivity contribution in [1.82, 2.24) is 9.97 Å². The van der Waals surface area contributed by atoms with E-state index >= 15 is 0 Å². The van der Waals surface area contributed by atoms with Gasteiger partial charge in [-0.05, 0) is 31.4 Å². The first kappa shape index (κ1) is 17.5. The molecule has 1 saturated carbocycles. The lowest BCUT2D eigenvalue weighted by atomic mass is 9.96.